The topological polar surface area (TPSA) is 116 Å². The predicted molar refractivity (Wildman–Crippen MR) is 68.8 cm³/mol. The third-order valence-corrected chi connectivity index (χ3v) is 3.20. The fraction of sp³-hybridized carbons (Fsp3) is 0.667. The number of carboxylic acid groups (broad SMARTS) is 1. The van der Waals surface area contributed by atoms with E-state index in [4.69, 9.17) is 5.11 Å². The zero-order valence-electron chi connectivity index (χ0n) is 11.7. The van der Waals surface area contributed by atoms with Crippen molar-refractivity contribution in [2.24, 2.45) is 0 Å². The molecule has 0 aromatic heterocycles. The molecule has 1 rings (SSSR count). The molecule has 112 valence electrons. The van der Waals surface area contributed by atoms with Crippen LogP contribution in [0.1, 0.15) is 33.6 Å². The Labute approximate surface area is 116 Å². The Morgan fingerprint density at radius 2 is 2.05 bits per heavy atom. The van der Waals surface area contributed by atoms with E-state index in [0.717, 1.165) is 4.90 Å². The Morgan fingerprint density at radius 3 is 2.55 bits per heavy atom. The molecule has 20 heavy (non-hydrogen) atoms. The van der Waals surface area contributed by atoms with Gasteiger partial charge in [0.1, 0.15) is 18.1 Å². The molecule has 8 nitrogen and oxygen atoms in total. The first-order chi connectivity index (χ1) is 9.20. The van der Waals surface area contributed by atoms with Gasteiger partial charge in [-0.25, -0.2) is 9.59 Å². The van der Waals surface area contributed by atoms with Gasteiger partial charge in [0.2, 0.25) is 5.91 Å². The molecule has 0 aromatic carbocycles. The van der Waals surface area contributed by atoms with Gasteiger partial charge in [-0.3, -0.25) is 14.9 Å². The molecule has 1 unspecified atom stereocenters. The maximum Gasteiger partial charge on any atom is 0.326 e. The van der Waals surface area contributed by atoms with E-state index in [-0.39, 0.29) is 13.0 Å². The Morgan fingerprint density at radius 1 is 1.45 bits per heavy atom. The molecule has 1 atom stereocenters. The maximum absolute atomic E-state index is 12.1. The van der Waals surface area contributed by atoms with Crippen LogP contribution in [0, 0.1) is 0 Å². The lowest BCUT2D eigenvalue weighted by Gasteiger charge is -2.40. The standard InChI is InChI=1S/C12H19N3O5/c1-4-5-7(9(17)18)13-11(20)15-6-8(16)14-10(19)12(15,2)3/h7H,4-6H2,1-3H3,(H,13,20)(H,17,18)(H,14,16,19). The van der Waals surface area contributed by atoms with E-state index >= 15 is 0 Å². The maximum atomic E-state index is 12.1. The van der Waals surface area contributed by atoms with Gasteiger partial charge in [-0.2, -0.15) is 0 Å². The van der Waals surface area contributed by atoms with Crippen LogP contribution in [0.4, 0.5) is 4.79 Å². The molecule has 0 aromatic rings. The molecule has 0 radical (unpaired) electrons. The zero-order chi connectivity index (χ0) is 15.5. The number of nitrogens with zero attached hydrogens (tertiary/aromatic N) is 1. The molecule has 1 aliphatic rings. The van der Waals surface area contributed by atoms with Crippen LogP contribution in [-0.4, -0.2) is 51.9 Å². The number of carbonyl (C=O) groups is 4. The highest BCUT2D eigenvalue weighted by Crippen LogP contribution is 2.18. The molecule has 0 spiro atoms. The van der Waals surface area contributed by atoms with E-state index in [1.165, 1.54) is 13.8 Å². The first-order valence-electron chi connectivity index (χ1n) is 6.35. The Bertz CT molecular complexity index is 446. The van der Waals surface area contributed by atoms with Crippen molar-refractivity contribution in [3.63, 3.8) is 0 Å². The highest BCUT2D eigenvalue weighted by molar-refractivity contribution is 6.06. The van der Waals surface area contributed by atoms with Crippen molar-refractivity contribution in [2.75, 3.05) is 6.54 Å². The smallest absolute Gasteiger partial charge is 0.326 e. The Hall–Kier alpha value is -2.12. The molecule has 1 aliphatic heterocycles. The summed E-state index contributed by atoms with van der Waals surface area (Å²) in [4.78, 5) is 47.2. The summed E-state index contributed by atoms with van der Waals surface area (Å²) in [7, 11) is 0. The van der Waals surface area contributed by atoms with Crippen LogP contribution in [0.25, 0.3) is 0 Å². The lowest BCUT2D eigenvalue weighted by atomic mass is 9.99. The minimum absolute atomic E-state index is 0.273. The zero-order valence-corrected chi connectivity index (χ0v) is 11.7. The van der Waals surface area contributed by atoms with Crippen LogP contribution in [-0.2, 0) is 14.4 Å². The highest BCUT2D eigenvalue weighted by Gasteiger charge is 2.44. The molecule has 1 fully saturated rings. The van der Waals surface area contributed by atoms with Crippen molar-refractivity contribution < 1.29 is 24.3 Å². The second kappa shape index (κ2) is 5.89. The second-order valence-electron chi connectivity index (χ2n) is 5.15. The number of carbonyl (C=O) groups excluding carboxylic acids is 3. The molecule has 0 bridgehead atoms. The van der Waals surface area contributed by atoms with E-state index < -0.39 is 35.4 Å². The summed E-state index contributed by atoms with van der Waals surface area (Å²) >= 11 is 0. The number of aliphatic carboxylic acids is 1. The summed E-state index contributed by atoms with van der Waals surface area (Å²) in [5.74, 6) is -2.33. The van der Waals surface area contributed by atoms with Gasteiger partial charge in [0.15, 0.2) is 0 Å². The summed E-state index contributed by atoms with van der Waals surface area (Å²) in [6, 6.07) is -1.78. The lowest BCUT2D eigenvalue weighted by Crippen LogP contribution is -2.67. The number of piperazine rings is 1. The van der Waals surface area contributed by atoms with Gasteiger partial charge in [0.05, 0.1) is 0 Å². The van der Waals surface area contributed by atoms with E-state index in [0.29, 0.717) is 6.42 Å². The summed E-state index contributed by atoms with van der Waals surface area (Å²) in [5, 5.41) is 13.5. The molecular formula is C12H19N3O5. The minimum atomic E-state index is -1.22. The van der Waals surface area contributed by atoms with Crippen molar-refractivity contribution in [2.45, 2.75) is 45.2 Å². The SMILES string of the molecule is CCCC(NC(=O)N1CC(=O)NC(=O)C1(C)C)C(=O)O. The monoisotopic (exact) mass is 285 g/mol. The quantitative estimate of drug-likeness (QED) is 0.612. The van der Waals surface area contributed by atoms with Gasteiger partial charge in [-0.05, 0) is 20.3 Å². The number of urea groups is 1. The number of rotatable bonds is 4. The largest absolute Gasteiger partial charge is 0.480 e. The molecule has 4 amide bonds. The third kappa shape index (κ3) is 3.25. The van der Waals surface area contributed by atoms with Crippen molar-refractivity contribution in [3.8, 4) is 0 Å². The normalized spacial score (nSPS) is 19.2. The van der Waals surface area contributed by atoms with Crippen LogP contribution in [0.2, 0.25) is 0 Å². The lowest BCUT2D eigenvalue weighted by molar-refractivity contribution is -0.142. The van der Waals surface area contributed by atoms with Gasteiger partial charge in [0, 0.05) is 0 Å². The van der Waals surface area contributed by atoms with Gasteiger partial charge < -0.3 is 15.3 Å². The first kappa shape index (κ1) is 15.9. The van der Waals surface area contributed by atoms with Crippen molar-refractivity contribution in [3.05, 3.63) is 0 Å². The van der Waals surface area contributed by atoms with Crippen LogP contribution < -0.4 is 10.6 Å². The van der Waals surface area contributed by atoms with E-state index in [1.54, 1.807) is 6.92 Å². The third-order valence-electron chi connectivity index (χ3n) is 3.20. The summed E-state index contributed by atoms with van der Waals surface area (Å²) in [5.41, 5.74) is -1.22. The second-order valence-corrected chi connectivity index (χ2v) is 5.15. The van der Waals surface area contributed by atoms with E-state index in [1.807, 2.05) is 0 Å². The van der Waals surface area contributed by atoms with Crippen molar-refractivity contribution >= 4 is 23.8 Å². The van der Waals surface area contributed by atoms with Crippen LogP contribution in [0.15, 0.2) is 0 Å². The van der Waals surface area contributed by atoms with Gasteiger partial charge in [0.25, 0.3) is 5.91 Å². The van der Waals surface area contributed by atoms with Gasteiger partial charge in [-0.15, -0.1) is 0 Å². The Kier molecular flexibility index (Phi) is 4.69. The number of nitrogens with one attached hydrogen (secondary N) is 2. The molecular weight excluding hydrogens is 266 g/mol. The number of imide groups is 1. The molecule has 0 saturated carbocycles. The molecule has 1 saturated heterocycles. The number of hydrogen-bond donors (Lipinski definition) is 3. The molecule has 0 aliphatic carbocycles. The predicted octanol–water partition coefficient (Wildman–Crippen LogP) is -0.314. The number of amides is 4. The molecule has 3 N–H and O–H groups in total. The minimum Gasteiger partial charge on any atom is -0.480 e. The fourth-order valence-corrected chi connectivity index (χ4v) is 1.88. The average molecular weight is 285 g/mol. The van der Waals surface area contributed by atoms with Crippen LogP contribution >= 0.6 is 0 Å². The van der Waals surface area contributed by atoms with E-state index in [2.05, 4.69) is 10.6 Å². The van der Waals surface area contributed by atoms with Crippen molar-refractivity contribution in [1.82, 2.24) is 15.5 Å². The summed E-state index contributed by atoms with van der Waals surface area (Å²) in [6.45, 7) is 4.49. The highest BCUT2D eigenvalue weighted by atomic mass is 16.4. The molecule has 1 heterocycles. The van der Waals surface area contributed by atoms with E-state index in [9.17, 15) is 19.2 Å². The van der Waals surface area contributed by atoms with Crippen LogP contribution in [0.3, 0.4) is 0 Å². The van der Waals surface area contributed by atoms with Crippen LogP contribution in [0.5, 0.6) is 0 Å². The fourth-order valence-electron chi connectivity index (χ4n) is 1.88. The number of hydrogen-bond acceptors (Lipinski definition) is 4. The van der Waals surface area contributed by atoms with Gasteiger partial charge >= 0.3 is 12.0 Å². The first-order valence-corrected chi connectivity index (χ1v) is 6.35. The van der Waals surface area contributed by atoms with Gasteiger partial charge in [-0.1, -0.05) is 13.3 Å². The van der Waals surface area contributed by atoms with Crippen molar-refractivity contribution in [1.29, 1.82) is 0 Å². The summed E-state index contributed by atoms with van der Waals surface area (Å²) < 4.78 is 0. The molecule has 8 heteroatoms. The Balaban J connectivity index is 2.86. The average Bonchev–Trinajstić information content (AvgIpc) is 2.33. The number of carboxylic acids is 1. The summed E-state index contributed by atoms with van der Waals surface area (Å²) in [6.07, 6.45) is 0.857.